The predicted octanol–water partition coefficient (Wildman–Crippen LogP) is 2.63. The topological polar surface area (TPSA) is 100 Å². The molecule has 7 heteroatoms. The van der Waals surface area contributed by atoms with E-state index in [0.717, 1.165) is 0 Å². The van der Waals surface area contributed by atoms with Gasteiger partial charge in [-0.2, -0.15) is 0 Å². The van der Waals surface area contributed by atoms with E-state index in [-0.39, 0.29) is 29.4 Å². The zero-order valence-electron chi connectivity index (χ0n) is 14.3. The fraction of sp³-hybridized carbons (Fsp3) is 0.278. The first-order valence-corrected chi connectivity index (χ1v) is 7.89. The van der Waals surface area contributed by atoms with Gasteiger partial charge in [0.25, 0.3) is 5.91 Å². The van der Waals surface area contributed by atoms with Gasteiger partial charge in [0, 0.05) is 18.3 Å². The fourth-order valence-electron chi connectivity index (χ4n) is 2.25. The second-order valence-corrected chi connectivity index (χ2v) is 5.92. The van der Waals surface area contributed by atoms with E-state index >= 15 is 0 Å². The summed E-state index contributed by atoms with van der Waals surface area (Å²) in [5.74, 6) is -0.842. The van der Waals surface area contributed by atoms with Gasteiger partial charge in [0.1, 0.15) is 6.04 Å². The van der Waals surface area contributed by atoms with E-state index in [1.54, 1.807) is 36.4 Å². The molecule has 0 aliphatic rings. The lowest BCUT2D eigenvalue weighted by Gasteiger charge is -2.21. The van der Waals surface area contributed by atoms with E-state index in [1.165, 1.54) is 13.2 Å². The van der Waals surface area contributed by atoms with Crippen molar-refractivity contribution in [2.24, 2.45) is 5.92 Å². The highest BCUT2D eigenvalue weighted by Gasteiger charge is 2.23. The quantitative estimate of drug-likeness (QED) is 0.750. The molecule has 0 fully saturated rings. The first-order valence-electron chi connectivity index (χ1n) is 7.89. The van der Waals surface area contributed by atoms with Crippen molar-refractivity contribution < 1.29 is 18.8 Å². The minimum absolute atomic E-state index is 0.0641. The Labute approximate surface area is 145 Å². The highest BCUT2D eigenvalue weighted by atomic mass is 16.3. The van der Waals surface area contributed by atoms with Gasteiger partial charge < -0.3 is 20.4 Å². The van der Waals surface area contributed by atoms with E-state index < -0.39 is 6.04 Å². The molecule has 1 heterocycles. The van der Waals surface area contributed by atoms with Gasteiger partial charge in [0.15, 0.2) is 5.76 Å². The molecular formula is C18H21N3O4. The molecule has 1 aromatic carbocycles. The molecule has 132 valence electrons. The molecule has 0 bridgehead atoms. The van der Waals surface area contributed by atoms with Gasteiger partial charge >= 0.3 is 0 Å². The molecule has 0 saturated heterocycles. The van der Waals surface area contributed by atoms with Crippen molar-refractivity contribution in [3.63, 3.8) is 0 Å². The lowest BCUT2D eigenvalue weighted by molar-refractivity contribution is -0.126. The van der Waals surface area contributed by atoms with Crippen molar-refractivity contribution in [1.82, 2.24) is 5.32 Å². The molecule has 0 aliphatic heterocycles. The van der Waals surface area contributed by atoms with Gasteiger partial charge in [-0.1, -0.05) is 19.9 Å². The number of rotatable bonds is 6. The van der Waals surface area contributed by atoms with Crippen LogP contribution >= 0.6 is 0 Å². The van der Waals surface area contributed by atoms with Gasteiger partial charge in [0.05, 0.1) is 6.26 Å². The molecular weight excluding hydrogens is 322 g/mol. The first kappa shape index (κ1) is 18.3. The highest BCUT2D eigenvalue weighted by Crippen LogP contribution is 2.17. The van der Waals surface area contributed by atoms with Crippen molar-refractivity contribution in [2.45, 2.75) is 26.8 Å². The molecule has 1 aromatic heterocycles. The third kappa shape index (κ3) is 5.20. The Hall–Kier alpha value is -3.09. The Morgan fingerprint density at radius 1 is 1.00 bits per heavy atom. The Morgan fingerprint density at radius 3 is 2.24 bits per heavy atom. The molecule has 2 aromatic rings. The van der Waals surface area contributed by atoms with E-state index in [4.69, 9.17) is 4.42 Å². The van der Waals surface area contributed by atoms with Gasteiger partial charge in [-0.15, -0.1) is 0 Å². The number of furan rings is 1. The Balaban J connectivity index is 2.06. The zero-order chi connectivity index (χ0) is 18.4. The average Bonchev–Trinajstić information content (AvgIpc) is 3.07. The summed E-state index contributed by atoms with van der Waals surface area (Å²) in [6.45, 7) is 5.06. The predicted molar refractivity (Wildman–Crippen MR) is 94.2 cm³/mol. The third-order valence-electron chi connectivity index (χ3n) is 3.44. The number of hydrogen-bond acceptors (Lipinski definition) is 4. The maximum atomic E-state index is 12.4. The van der Waals surface area contributed by atoms with Crippen LogP contribution in [0.2, 0.25) is 0 Å². The summed E-state index contributed by atoms with van der Waals surface area (Å²) in [7, 11) is 0. The summed E-state index contributed by atoms with van der Waals surface area (Å²) in [5, 5.41) is 8.07. The lowest BCUT2D eigenvalue weighted by atomic mass is 10.0. The maximum absolute atomic E-state index is 12.4. The van der Waals surface area contributed by atoms with Crippen LogP contribution in [0.15, 0.2) is 47.1 Å². The van der Waals surface area contributed by atoms with Gasteiger partial charge in [-0.25, -0.2) is 0 Å². The van der Waals surface area contributed by atoms with Crippen LogP contribution in [-0.4, -0.2) is 23.8 Å². The fourth-order valence-corrected chi connectivity index (χ4v) is 2.25. The summed E-state index contributed by atoms with van der Waals surface area (Å²) in [4.78, 5) is 35.6. The maximum Gasteiger partial charge on any atom is 0.291 e. The third-order valence-corrected chi connectivity index (χ3v) is 3.44. The van der Waals surface area contributed by atoms with Crippen LogP contribution in [0.5, 0.6) is 0 Å². The summed E-state index contributed by atoms with van der Waals surface area (Å²) in [6, 6.07) is 9.27. The second-order valence-electron chi connectivity index (χ2n) is 5.92. The molecule has 25 heavy (non-hydrogen) atoms. The van der Waals surface area contributed by atoms with Crippen LogP contribution in [0.3, 0.4) is 0 Å². The molecule has 2 rings (SSSR count). The number of hydrogen-bond donors (Lipinski definition) is 3. The molecule has 7 nitrogen and oxygen atoms in total. The normalized spacial score (nSPS) is 11.7. The van der Waals surface area contributed by atoms with Crippen LogP contribution in [0.1, 0.15) is 31.3 Å². The Kier molecular flexibility index (Phi) is 5.94. The van der Waals surface area contributed by atoms with Crippen molar-refractivity contribution in [2.75, 3.05) is 10.6 Å². The molecule has 3 N–H and O–H groups in total. The van der Waals surface area contributed by atoms with Crippen LogP contribution in [0, 0.1) is 5.92 Å². The molecule has 0 radical (unpaired) electrons. The summed E-state index contributed by atoms with van der Waals surface area (Å²) in [6.07, 6.45) is 1.42. The number of carbonyl (C=O) groups is 3. The van der Waals surface area contributed by atoms with E-state index in [2.05, 4.69) is 16.0 Å². The number of anilines is 2. The van der Waals surface area contributed by atoms with Crippen LogP contribution < -0.4 is 16.0 Å². The highest BCUT2D eigenvalue weighted by molar-refractivity contribution is 6.03. The van der Waals surface area contributed by atoms with Crippen molar-refractivity contribution in [3.8, 4) is 0 Å². The summed E-state index contributed by atoms with van der Waals surface area (Å²) in [5.41, 5.74) is 1.03. The molecule has 1 unspecified atom stereocenters. The van der Waals surface area contributed by atoms with Gasteiger partial charge in [-0.05, 0) is 36.2 Å². The van der Waals surface area contributed by atoms with Crippen LogP contribution in [0.4, 0.5) is 11.4 Å². The molecule has 0 saturated carbocycles. The molecule has 3 amide bonds. The minimum Gasteiger partial charge on any atom is -0.459 e. The Morgan fingerprint density at radius 2 is 1.68 bits per heavy atom. The largest absolute Gasteiger partial charge is 0.459 e. The van der Waals surface area contributed by atoms with E-state index in [0.29, 0.717) is 11.4 Å². The standard InChI is InChI=1S/C18H21N3O4/c1-11(2)16(19-12(3)22)18(24)21-14-7-4-6-13(10-14)20-17(23)15-8-5-9-25-15/h4-11,16H,1-3H3,(H,19,22)(H,20,23)(H,21,24). The van der Waals surface area contributed by atoms with Gasteiger partial charge in [-0.3, -0.25) is 14.4 Å². The van der Waals surface area contributed by atoms with Crippen molar-refractivity contribution in [3.05, 3.63) is 48.4 Å². The smallest absolute Gasteiger partial charge is 0.291 e. The number of benzene rings is 1. The van der Waals surface area contributed by atoms with Crippen molar-refractivity contribution in [1.29, 1.82) is 0 Å². The molecule has 1 atom stereocenters. The number of nitrogens with one attached hydrogen (secondary N) is 3. The lowest BCUT2D eigenvalue weighted by Crippen LogP contribution is -2.46. The summed E-state index contributed by atoms with van der Waals surface area (Å²) < 4.78 is 5.04. The SMILES string of the molecule is CC(=O)NC(C(=O)Nc1cccc(NC(=O)c2ccco2)c1)C(C)C. The van der Waals surface area contributed by atoms with Crippen LogP contribution in [0.25, 0.3) is 0 Å². The van der Waals surface area contributed by atoms with E-state index in [1.807, 2.05) is 13.8 Å². The monoisotopic (exact) mass is 343 g/mol. The zero-order valence-corrected chi connectivity index (χ0v) is 14.3. The average molecular weight is 343 g/mol. The summed E-state index contributed by atoms with van der Waals surface area (Å²) >= 11 is 0. The number of amides is 3. The van der Waals surface area contributed by atoms with Gasteiger partial charge in [0.2, 0.25) is 11.8 Å². The number of carbonyl (C=O) groups excluding carboxylic acids is 3. The van der Waals surface area contributed by atoms with Crippen LogP contribution in [-0.2, 0) is 9.59 Å². The molecule has 0 aliphatic carbocycles. The second kappa shape index (κ2) is 8.14. The molecule has 0 spiro atoms. The Bertz CT molecular complexity index is 753. The van der Waals surface area contributed by atoms with Crippen molar-refractivity contribution >= 4 is 29.1 Å². The van der Waals surface area contributed by atoms with E-state index in [9.17, 15) is 14.4 Å². The first-order chi connectivity index (χ1) is 11.9. The minimum atomic E-state index is -0.640.